The van der Waals surface area contributed by atoms with Crippen LogP contribution in [0.5, 0.6) is 0 Å². The molecule has 0 bridgehead atoms. The number of carbonyl (C=O) groups is 2. The Labute approximate surface area is 233 Å². The molecular weight excluding hydrogens is 577 g/mol. The molecule has 2 N–H and O–H groups in total. The van der Waals surface area contributed by atoms with E-state index in [1.807, 2.05) is 0 Å². The molecule has 0 fully saturated rings. The molecule has 4 aromatic rings. The summed E-state index contributed by atoms with van der Waals surface area (Å²) in [6, 6.07) is 2.24. The molecule has 1 unspecified atom stereocenters. The molecule has 4 rings (SSSR count). The largest absolute Gasteiger partial charge is 0.418 e. The summed E-state index contributed by atoms with van der Waals surface area (Å²) in [5, 5.41) is 9.23. The number of thiazole rings is 1. The van der Waals surface area contributed by atoms with Crippen LogP contribution < -0.4 is 10.6 Å². The highest BCUT2D eigenvalue weighted by atomic mass is 35.5. The standard InChI is InChI=1S/C23H20ClF3N8O2S2/c1-12(5-17(36)16-7-19(32-11-31-16)28-4-2-3-13-8-33-35-39-13)22-30-10-18(38-22)21(37)34-20-6-14(23(25,26)27)15(24)9-29-20/h6-12H,2-5H2,1H3,(H,28,31,32)(H,29,34,37). The summed E-state index contributed by atoms with van der Waals surface area (Å²) in [5.74, 6) is -1.02. The van der Waals surface area contributed by atoms with Crippen LogP contribution in [0.1, 0.15) is 61.3 Å². The number of amides is 1. The van der Waals surface area contributed by atoms with Gasteiger partial charge in [-0.15, -0.1) is 16.4 Å². The van der Waals surface area contributed by atoms with E-state index in [-0.39, 0.29) is 34.5 Å². The number of hydrogen-bond acceptors (Lipinski definition) is 11. The zero-order chi connectivity index (χ0) is 28.0. The molecule has 39 heavy (non-hydrogen) atoms. The molecular formula is C23H20ClF3N8O2S2. The van der Waals surface area contributed by atoms with Crippen LogP contribution in [0.25, 0.3) is 0 Å². The van der Waals surface area contributed by atoms with Crippen molar-refractivity contribution in [1.29, 1.82) is 0 Å². The van der Waals surface area contributed by atoms with Crippen LogP contribution in [-0.4, -0.2) is 47.8 Å². The Kier molecular flexibility index (Phi) is 9.14. The van der Waals surface area contributed by atoms with Crippen molar-refractivity contribution in [2.45, 2.75) is 38.3 Å². The number of carbonyl (C=O) groups excluding carboxylic acids is 2. The van der Waals surface area contributed by atoms with Gasteiger partial charge in [-0.2, -0.15) is 13.2 Å². The molecule has 0 aliphatic carbocycles. The maximum absolute atomic E-state index is 13.1. The van der Waals surface area contributed by atoms with Gasteiger partial charge in [-0.05, 0) is 30.4 Å². The second-order valence-electron chi connectivity index (χ2n) is 8.30. The highest BCUT2D eigenvalue weighted by molar-refractivity contribution is 7.13. The van der Waals surface area contributed by atoms with E-state index in [9.17, 15) is 22.8 Å². The third-order valence-electron chi connectivity index (χ3n) is 5.33. The van der Waals surface area contributed by atoms with Crippen molar-refractivity contribution >= 4 is 57.8 Å². The molecule has 1 atom stereocenters. The molecule has 0 aromatic carbocycles. The van der Waals surface area contributed by atoms with Crippen molar-refractivity contribution in [3.63, 3.8) is 0 Å². The van der Waals surface area contributed by atoms with Gasteiger partial charge in [-0.3, -0.25) is 9.59 Å². The number of pyridine rings is 1. The summed E-state index contributed by atoms with van der Waals surface area (Å²) in [5.41, 5.74) is -0.863. The van der Waals surface area contributed by atoms with E-state index in [1.54, 1.807) is 19.2 Å². The Morgan fingerprint density at radius 2 is 1.90 bits per heavy atom. The number of anilines is 2. The van der Waals surface area contributed by atoms with Crippen LogP contribution in [0.15, 0.2) is 37.1 Å². The maximum Gasteiger partial charge on any atom is 0.418 e. The van der Waals surface area contributed by atoms with Crippen LogP contribution in [-0.2, 0) is 12.6 Å². The summed E-state index contributed by atoms with van der Waals surface area (Å²) in [6.07, 6.45) is 2.22. The normalized spacial score (nSPS) is 12.2. The van der Waals surface area contributed by atoms with Crippen molar-refractivity contribution < 1.29 is 22.8 Å². The zero-order valence-corrected chi connectivity index (χ0v) is 22.6. The molecule has 10 nitrogen and oxygen atoms in total. The van der Waals surface area contributed by atoms with Crippen molar-refractivity contribution in [2.24, 2.45) is 0 Å². The zero-order valence-electron chi connectivity index (χ0n) is 20.2. The lowest BCUT2D eigenvalue weighted by molar-refractivity contribution is -0.137. The number of hydrogen-bond donors (Lipinski definition) is 2. The first-order valence-corrected chi connectivity index (χ1v) is 13.4. The summed E-state index contributed by atoms with van der Waals surface area (Å²) < 4.78 is 43.0. The van der Waals surface area contributed by atoms with E-state index in [4.69, 9.17) is 11.6 Å². The molecule has 0 saturated carbocycles. The van der Waals surface area contributed by atoms with E-state index in [1.165, 1.54) is 24.1 Å². The first kappa shape index (κ1) is 28.4. The third kappa shape index (κ3) is 7.74. The summed E-state index contributed by atoms with van der Waals surface area (Å²) in [4.78, 5) is 42.8. The molecule has 0 aliphatic heterocycles. The van der Waals surface area contributed by atoms with Gasteiger partial charge in [0.1, 0.15) is 28.5 Å². The van der Waals surface area contributed by atoms with Gasteiger partial charge in [0.15, 0.2) is 5.78 Å². The van der Waals surface area contributed by atoms with E-state index < -0.39 is 22.7 Å². The predicted octanol–water partition coefficient (Wildman–Crippen LogP) is 5.53. The molecule has 16 heteroatoms. The van der Waals surface area contributed by atoms with E-state index in [0.29, 0.717) is 23.4 Å². The van der Waals surface area contributed by atoms with Crippen molar-refractivity contribution in [2.75, 3.05) is 17.2 Å². The average Bonchev–Trinajstić information content (AvgIpc) is 3.60. The summed E-state index contributed by atoms with van der Waals surface area (Å²) in [7, 11) is 0. The van der Waals surface area contributed by atoms with Gasteiger partial charge < -0.3 is 10.6 Å². The summed E-state index contributed by atoms with van der Waals surface area (Å²) in [6.45, 7) is 2.43. The summed E-state index contributed by atoms with van der Waals surface area (Å²) >= 11 is 7.95. The molecule has 204 valence electrons. The van der Waals surface area contributed by atoms with Gasteiger partial charge in [0.25, 0.3) is 5.91 Å². The fraction of sp³-hybridized carbons (Fsp3) is 0.304. The minimum absolute atomic E-state index is 0.0804. The SMILES string of the molecule is CC(CC(=O)c1cc(NCCCc2cnns2)ncn1)c1ncc(C(=O)Nc2cc(C(F)(F)F)c(Cl)cn2)s1. The van der Waals surface area contributed by atoms with Gasteiger partial charge >= 0.3 is 6.18 Å². The van der Waals surface area contributed by atoms with Crippen LogP contribution in [0.3, 0.4) is 0 Å². The van der Waals surface area contributed by atoms with Crippen molar-refractivity contribution in [3.05, 3.63) is 68.1 Å². The second kappa shape index (κ2) is 12.5. The number of ketones is 1. The Bertz CT molecular complexity index is 1450. The number of halogens is 4. The highest BCUT2D eigenvalue weighted by Gasteiger charge is 2.34. The third-order valence-corrected chi connectivity index (χ3v) is 7.58. The quantitative estimate of drug-likeness (QED) is 0.169. The van der Waals surface area contributed by atoms with Crippen LogP contribution in [0.4, 0.5) is 24.8 Å². The number of rotatable bonds is 11. The minimum atomic E-state index is -4.69. The van der Waals surface area contributed by atoms with Gasteiger partial charge in [0.2, 0.25) is 0 Å². The average molecular weight is 597 g/mol. The lowest BCUT2D eigenvalue weighted by Crippen LogP contribution is -2.13. The Hall–Kier alpha value is -3.56. The topological polar surface area (TPSA) is 136 Å². The number of nitrogens with one attached hydrogen (secondary N) is 2. The van der Waals surface area contributed by atoms with E-state index in [2.05, 4.69) is 40.2 Å². The van der Waals surface area contributed by atoms with Gasteiger partial charge in [-0.25, -0.2) is 19.9 Å². The molecule has 4 heterocycles. The number of nitrogens with zero attached hydrogens (tertiary/aromatic N) is 6. The fourth-order valence-corrected chi connectivity index (χ4v) is 4.98. The number of aryl methyl sites for hydroxylation is 1. The molecule has 0 saturated heterocycles. The van der Waals surface area contributed by atoms with E-state index in [0.717, 1.165) is 35.3 Å². The predicted molar refractivity (Wildman–Crippen MR) is 140 cm³/mol. The Balaban J connectivity index is 1.32. The lowest BCUT2D eigenvalue weighted by Gasteiger charge is -2.10. The number of alkyl halides is 3. The number of aromatic nitrogens is 6. The molecule has 0 spiro atoms. The number of Topliss-reactive ketones (excluding diaryl/α,β-unsaturated/α-hetero) is 1. The fourth-order valence-electron chi connectivity index (χ4n) is 3.38. The van der Waals surface area contributed by atoms with Gasteiger partial charge in [-0.1, -0.05) is 23.0 Å². The first-order chi connectivity index (χ1) is 18.6. The monoisotopic (exact) mass is 596 g/mol. The Morgan fingerprint density at radius 3 is 2.64 bits per heavy atom. The molecule has 1 amide bonds. The first-order valence-electron chi connectivity index (χ1n) is 11.5. The van der Waals surface area contributed by atoms with Crippen LogP contribution in [0.2, 0.25) is 5.02 Å². The molecule has 0 aliphatic rings. The lowest BCUT2D eigenvalue weighted by atomic mass is 10.0. The second-order valence-corrected chi connectivity index (χ2v) is 10.6. The van der Waals surface area contributed by atoms with Gasteiger partial charge in [0, 0.05) is 36.0 Å². The maximum atomic E-state index is 13.1. The van der Waals surface area contributed by atoms with E-state index >= 15 is 0 Å². The highest BCUT2D eigenvalue weighted by Crippen LogP contribution is 2.35. The van der Waals surface area contributed by atoms with Crippen LogP contribution >= 0.6 is 34.5 Å². The Morgan fingerprint density at radius 1 is 1.08 bits per heavy atom. The molecule has 0 radical (unpaired) electrons. The van der Waals surface area contributed by atoms with Gasteiger partial charge in [0.05, 0.1) is 28.0 Å². The molecule has 4 aromatic heterocycles. The van der Waals surface area contributed by atoms with Crippen molar-refractivity contribution in [1.82, 2.24) is 29.5 Å². The minimum Gasteiger partial charge on any atom is -0.370 e. The van der Waals surface area contributed by atoms with Crippen LogP contribution in [0, 0.1) is 0 Å². The van der Waals surface area contributed by atoms with Crippen molar-refractivity contribution in [3.8, 4) is 0 Å². The smallest absolute Gasteiger partial charge is 0.370 e.